The minimum atomic E-state index is -0.275. The molecule has 32 heavy (non-hydrogen) atoms. The Balaban J connectivity index is 1.23. The summed E-state index contributed by atoms with van der Waals surface area (Å²) < 4.78 is 5.55. The fourth-order valence-corrected chi connectivity index (χ4v) is 5.30. The van der Waals surface area contributed by atoms with Gasteiger partial charge in [0.15, 0.2) is 0 Å². The first-order chi connectivity index (χ1) is 15.6. The summed E-state index contributed by atoms with van der Waals surface area (Å²) in [5, 5.41) is 1.15. The zero-order chi connectivity index (χ0) is 22.1. The minimum absolute atomic E-state index is 0.00260. The first kappa shape index (κ1) is 21.2. The zero-order valence-electron chi connectivity index (χ0n) is 18.8. The number of anilines is 1. The van der Waals surface area contributed by atoms with Gasteiger partial charge in [0.05, 0.1) is 11.4 Å². The van der Waals surface area contributed by atoms with E-state index in [1.807, 2.05) is 16.0 Å². The lowest BCUT2D eigenvalue weighted by Gasteiger charge is -2.40. The predicted molar refractivity (Wildman–Crippen MR) is 124 cm³/mol. The van der Waals surface area contributed by atoms with Crippen LogP contribution in [0.4, 0.5) is 5.69 Å². The summed E-state index contributed by atoms with van der Waals surface area (Å²) >= 11 is 0. The molecular weight excluding hydrogens is 404 g/mol. The largest absolute Gasteiger partial charge is 0.370 e. The molecule has 3 aliphatic rings. The summed E-state index contributed by atoms with van der Waals surface area (Å²) in [6.45, 7) is 6.92. The van der Waals surface area contributed by atoms with Gasteiger partial charge in [-0.15, -0.1) is 0 Å². The van der Waals surface area contributed by atoms with Crippen molar-refractivity contribution >= 4 is 28.4 Å². The minimum Gasteiger partial charge on any atom is -0.370 e. The summed E-state index contributed by atoms with van der Waals surface area (Å²) in [6.07, 6.45) is 5.29. The average molecular weight is 437 g/mol. The highest BCUT2D eigenvalue weighted by Gasteiger charge is 2.34. The number of hydrogen-bond donors (Lipinski definition) is 0. The maximum Gasteiger partial charge on any atom is 0.251 e. The van der Waals surface area contributed by atoms with Crippen molar-refractivity contribution in [2.24, 2.45) is 5.92 Å². The fraction of sp³-hybridized carbons (Fsp3) is 0.560. The van der Waals surface area contributed by atoms with Gasteiger partial charge in [0.1, 0.15) is 6.10 Å². The third-order valence-corrected chi connectivity index (χ3v) is 7.09. The third kappa shape index (κ3) is 4.18. The second-order valence-corrected chi connectivity index (χ2v) is 9.29. The molecule has 4 heterocycles. The molecule has 0 bridgehead atoms. The van der Waals surface area contributed by atoms with Crippen LogP contribution >= 0.6 is 0 Å². The summed E-state index contributed by atoms with van der Waals surface area (Å²) in [4.78, 5) is 36.6. The van der Waals surface area contributed by atoms with Crippen LogP contribution < -0.4 is 4.90 Å². The van der Waals surface area contributed by atoms with E-state index in [2.05, 4.69) is 41.1 Å². The Morgan fingerprint density at radius 2 is 1.75 bits per heavy atom. The van der Waals surface area contributed by atoms with Crippen LogP contribution in [-0.2, 0) is 14.3 Å². The van der Waals surface area contributed by atoms with Crippen LogP contribution in [0.3, 0.4) is 0 Å². The number of carbonyl (C=O) groups excluding carboxylic acids is 2. The summed E-state index contributed by atoms with van der Waals surface area (Å²) in [5.41, 5.74) is 3.38. The maximum absolute atomic E-state index is 13.3. The van der Waals surface area contributed by atoms with Crippen molar-refractivity contribution in [3.8, 4) is 0 Å². The van der Waals surface area contributed by atoms with Gasteiger partial charge >= 0.3 is 0 Å². The molecule has 3 fully saturated rings. The molecule has 170 valence electrons. The lowest BCUT2D eigenvalue weighted by molar-refractivity contribution is -0.147. The van der Waals surface area contributed by atoms with Gasteiger partial charge in [-0.25, -0.2) is 0 Å². The van der Waals surface area contributed by atoms with E-state index in [0.717, 1.165) is 49.7 Å². The lowest BCUT2D eigenvalue weighted by Crippen LogP contribution is -2.55. The van der Waals surface area contributed by atoms with E-state index >= 15 is 0 Å². The highest BCUT2D eigenvalue weighted by Crippen LogP contribution is 2.31. The number of amides is 2. The summed E-state index contributed by atoms with van der Waals surface area (Å²) in [6, 6.07) is 8.42. The number of nitrogens with zero attached hydrogens (tertiary/aromatic N) is 4. The highest BCUT2D eigenvalue weighted by molar-refractivity contribution is 5.92. The molecule has 3 aliphatic heterocycles. The molecule has 0 N–H and O–H groups in total. The molecule has 7 heteroatoms. The number of ether oxygens (including phenoxy) is 1. The van der Waals surface area contributed by atoms with Crippen LogP contribution in [0.15, 0.2) is 30.5 Å². The second kappa shape index (κ2) is 9.06. The molecule has 0 saturated carbocycles. The van der Waals surface area contributed by atoms with Gasteiger partial charge in [-0.3, -0.25) is 14.6 Å². The van der Waals surface area contributed by atoms with Crippen LogP contribution in [0, 0.1) is 12.8 Å². The fourth-order valence-electron chi connectivity index (χ4n) is 5.30. The molecular formula is C25H32N4O3. The van der Waals surface area contributed by atoms with Gasteiger partial charge in [-0.2, -0.15) is 0 Å². The number of rotatable bonds is 3. The number of pyridine rings is 1. The van der Waals surface area contributed by atoms with Crippen molar-refractivity contribution in [2.75, 3.05) is 50.8 Å². The van der Waals surface area contributed by atoms with Crippen LogP contribution in [0.1, 0.15) is 31.2 Å². The summed E-state index contributed by atoms with van der Waals surface area (Å²) in [7, 11) is 0. The first-order valence-electron chi connectivity index (χ1n) is 11.9. The van der Waals surface area contributed by atoms with Crippen molar-refractivity contribution in [1.29, 1.82) is 0 Å². The van der Waals surface area contributed by atoms with Crippen molar-refractivity contribution in [3.63, 3.8) is 0 Å². The average Bonchev–Trinajstić information content (AvgIpc) is 3.38. The zero-order valence-corrected chi connectivity index (χ0v) is 18.8. The number of aromatic nitrogens is 1. The van der Waals surface area contributed by atoms with E-state index in [9.17, 15) is 9.59 Å². The SMILES string of the molecule is Cc1ccc2nccc(N3CCCC(C(=O)N4CCN(C(=O)C5CCCO5)CC4)C3)c2c1. The van der Waals surface area contributed by atoms with Gasteiger partial charge in [0.2, 0.25) is 5.91 Å². The normalized spacial score (nSPS) is 24.2. The van der Waals surface area contributed by atoms with Gasteiger partial charge in [-0.1, -0.05) is 11.6 Å². The Morgan fingerprint density at radius 1 is 0.969 bits per heavy atom. The quantitative estimate of drug-likeness (QED) is 0.740. The van der Waals surface area contributed by atoms with Crippen LogP contribution in [0.5, 0.6) is 0 Å². The highest BCUT2D eigenvalue weighted by atomic mass is 16.5. The van der Waals surface area contributed by atoms with Gasteiger partial charge < -0.3 is 19.4 Å². The molecule has 2 amide bonds. The van der Waals surface area contributed by atoms with E-state index < -0.39 is 0 Å². The van der Waals surface area contributed by atoms with E-state index in [4.69, 9.17) is 4.74 Å². The molecule has 5 rings (SSSR count). The van der Waals surface area contributed by atoms with E-state index in [1.54, 1.807) is 0 Å². The Bertz CT molecular complexity index is 996. The molecule has 2 unspecified atom stereocenters. The van der Waals surface area contributed by atoms with Crippen molar-refractivity contribution in [2.45, 2.75) is 38.7 Å². The van der Waals surface area contributed by atoms with Gasteiger partial charge in [-0.05, 0) is 50.8 Å². The Labute approximate surface area is 189 Å². The number of piperazine rings is 1. The number of benzene rings is 1. The predicted octanol–water partition coefficient (Wildman–Crippen LogP) is 2.61. The molecule has 3 saturated heterocycles. The third-order valence-electron chi connectivity index (χ3n) is 7.09. The smallest absolute Gasteiger partial charge is 0.251 e. The molecule has 0 aliphatic carbocycles. The first-order valence-corrected chi connectivity index (χ1v) is 11.9. The molecule has 2 atom stereocenters. The Morgan fingerprint density at radius 3 is 2.50 bits per heavy atom. The van der Waals surface area contributed by atoms with Crippen LogP contribution in [0.25, 0.3) is 10.9 Å². The molecule has 0 spiro atoms. The molecule has 2 aromatic rings. The van der Waals surface area contributed by atoms with E-state index in [0.29, 0.717) is 32.8 Å². The van der Waals surface area contributed by atoms with Crippen molar-refractivity contribution < 1.29 is 14.3 Å². The van der Waals surface area contributed by atoms with Crippen molar-refractivity contribution in [1.82, 2.24) is 14.8 Å². The topological polar surface area (TPSA) is 66.0 Å². The Kier molecular flexibility index (Phi) is 6.00. The number of hydrogen-bond acceptors (Lipinski definition) is 5. The van der Waals surface area contributed by atoms with E-state index in [-0.39, 0.29) is 23.8 Å². The molecule has 7 nitrogen and oxygen atoms in total. The lowest BCUT2D eigenvalue weighted by atomic mass is 9.95. The Hall–Kier alpha value is -2.67. The monoisotopic (exact) mass is 436 g/mol. The molecule has 1 aromatic heterocycles. The van der Waals surface area contributed by atoms with Gasteiger partial charge in [0, 0.05) is 63.1 Å². The molecule has 0 radical (unpaired) electrons. The van der Waals surface area contributed by atoms with Crippen LogP contribution in [0.2, 0.25) is 0 Å². The van der Waals surface area contributed by atoms with Crippen molar-refractivity contribution in [3.05, 3.63) is 36.0 Å². The second-order valence-electron chi connectivity index (χ2n) is 9.29. The molecule has 1 aromatic carbocycles. The number of fused-ring (bicyclic) bond motifs is 1. The number of piperidine rings is 1. The van der Waals surface area contributed by atoms with Crippen LogP contribution in [-0.4, -0.2) is 78.6 Å². The number of aryl methyl sites for hydroxylation is 1. The standard InChI is InChI=1S/C25H32N4O3/c1-18-6-7-21-20(16-18)22(8-9-26-21)29-10-2-4-19(17-29)24(30)27-11-13-28(14-12-27)25(31)23-5-3-15-32-23/h6-9,16,19,23H,2-5,10-15,17H2,1H3. The maximum atomic E-state index is 13.3. The number of carbonyl (C=O) groups is 2. The summed E-state index contributed by atoms with van der Waals surface area (Å²) in [5.74, 6) is 0.323. The van der Waals surface area contributed by atoms with Gasteiger partial charge in [0.25, 0.3) is 5.91 Å². The van der Waals surface area contributed by atoms with E-state index in [1.165, 1.54) is 11.3 Å².